The average Bonchev–Trinajstić information content (AvgIpc) is 2.56. The Morgan fingerprint density at radius 3 is 2.39 bits per heavy atom. The van der Waals surface area contributed by atoms with Gasteiger partial charge in [0.05, 0.1) is 0 Å². The van der Waals surface area contributed by atoms with Gasteiger partial charge in [0.15, 0.2) is 0 Å². The van der Waals surface area contributed by atoms with Crippen molar-refractivity contribution in [1.82, 2.24) is 0 Å². The molecule has 5 heteroatoms. The van der Waals surface area contributed by atoms with Crippen LogP contribution in [0.2, 0.25) is 0 Å². The van der Waals surface area contributed by atoms with Crippen molar-refractivity contribution in [3.8, 4) is 6.07 Å². The summed E-state index contributed by atoms with van der Waals surface area (Å²) in [5.41, 5.74) is 0.779. The molecule has 2 aromatic rings. The van der Waals surface area contributed by atoms with E-state index in [4.69, 9.17) is 10.00 Å². The van der Waals surface area contributed by atoms with Crippen molar-refractivity contribution in [2.75, 3.05) is 6.61 Å². The van der Waals surface area contributed by atoms with Crippen LogP contribution < -0.4 is 4.46 Å². The summed E-state index contributed by atoms with van der Waals surface area (Å²) in [6, 6.07) is 16.7. The molecule has 0 fully saturated rings. The standard InChI is InChI=1S/C18H15F2NOSe/c1-2-12-22-17(15-10-8-14(13-21)9-11-15)18(19,20)23-16-6-4-3-5-7-16/h2-11,17H,1,12H2. The van der Waals surface area contributed by atoms with E-state index < -0.39 is 25.9 Å². The van der Waals surface area contributed by atoms with E-state index in [-0.39, 0.29) is 6.61 Å². The zero-order valence-electron chi connectivity index (χ0n) is 12.3. The van der Waals surface area contributed by atoms with Crippen molar-refractivity contribution in [3.63, 3.8) is 0 Å². The molecule has 2 nitrogen and oxygen atoms in total. The first-order valence-electron chi connectivity index (χ1n) is 6.91. The van der Waals surface area contributed by atoms with Gasteiger partial charge >= 0.3 is 140 Å². The Bertz CT molecular complexity index is 680. The van der Waals surface area contributed by atoms with Crippen LogP contribution in [0.5, 0.6) is 0 Å². The first kappa shape index (κ1) is 17.4. The molecule has 2 aromatic carbocycles. The Kier molecular flexibility index (Phi) is 6.06. The number of alkyl halides is 2. The minimum absolute atomic E-state index is 0.0329. The number of ether oxygens (including phenoxy) is 1. The molecule has 0 amide bonds. The molecule has 1 atom stereocenters. The van der Waals surface area contributed by atoms with Crippen molar-refractivity contribution >= 4 is 19.4 Å². The van der Waals surface area contributed by atoms with Gasteiger partial charge < -0.3 is 0 Å². The Labute approximate surface area is 140 Å². The average molecular weight is 378 g/mol. The zero-order valence-corrected chi connectivity index (χ0v) is 14.0. The molecule has 0 aliphatic carbocycles. The van der Waals surface area contributed by atoms with Crippen molar-refractivity contribution in [3.05, 3.63) is 78.4 Å². The summed E-state index contributed by atoms with van der Waals surface area (Å²) >= 11 is -1.08. The molecule has 2 rings (SSSR count). The van der Waals surface area contributed by atoms with Gasteiger partial charge in [-0.1, -0.05) is 0 Å². The third-order valence-electron chi connectivity index (χ3n) is 3.03. The predicted octanol–water partition coefficient (Wildman–Crippen LogP) is 3.42. The second-order valence-electron chi connectivity index (χ2n) is 4.71. The van der Waals surface area contributed by atoms with E-state index in [9.17, 15) is 8.78 Å². The van der Waals surface area contributed by atoms with Crippen LogP contribution in [-0.2, 0) is 4.74 Å². The molecule has 0 N–H and O–H groups in total. The number of rotatable bonds is 7. The van der Waals surface area contributed by atoms with Crippen LogP contribution in [0.15, 0.2) is 67.3 Å². The molecule has 0 bridgehead atoms. The third kappa shape index (κ3) is 4.74. The van der Waals surface area contributed by atoms with Crippen LogP contribution in [0.4, 0.5) is 8.78 Å². The summed E-state index contributed by atoms with van der Waals surface area (Å²) in [5.74, 6) is 0. The first-order chi connectivity index (χ1) is 11.1. The van der Waals surface area contributed by atoms with E-state index in [0.717, 1.165) is 0 Å². The number of halogens is 2. The molecule has 0 aromatic heterocycles. The number of hydrogen-bond donors (Lipinski definition) is 0. The molecule has 0 aliphatic heterocycles. The molecule has 118 valence electrons. The molecule has 0 heterocycles. The van der Waals surface area contributed by atoms with Gasteiger partial charge in [0.2, 0.25) is 0 Å². The number of nitrogens with zero attached hydrogens (tertiary/aromatic N) is 1. The van der Waals surface area contributed by atoms with Crippen LogP contribution >= 0.6 is 0 Å². The molecule has 0 radical (unpaired) electrons. The van der Waals surface area contributed by atoms with Crippen molar-refractivity contribution in [2.24, 2.45) is 0 Å². The van der Waals surface area contributed by atoms with Crippen molar-refractivity contribution < 1.29 is 13.5 Å². The van der Waals surface area contributed by atoms with E-state index in [1.165, 1.54) is 30.3 Å². The van der Waals surface area contributed by atoms with Crippen LogP contribution in [-0.4, -0.2) is 26.4 Å². The van der Waals surface area contributed by atoms with Crippen LogP contribution in [0.1, 0.15) is 17.2 Å². The zero-order chi connectivity index (χ0) is 16.7. The third-order valence-corrected chi connectivity index (χ3v) is 5.11. The van der Waals surface area contributed by atoms with Crippen LogP contribution in [0.3, 0.4) is 0 Å². The summed E-state index contributed by atoms with van der Waals surface area (Å²) in [6.45, 7) is 3.54. The quantitative estimate of drug-likeness (QED) is 0.546. The molecule has 0 saturated heterocycles. The fourth-order valence-electron chi connectivity index (χ4n) is 1.98. The topological polar surface area (TPSA) is 33.0 Å². The fraction of sp³-hybridized carbons (Fsp3) is 0.167. The summed E-state index contributed by atoms with van der Waals surface area (Å²) in [5, 5.41) is 8.82. The second-order valence-corrected chi connectivity index (χ2v) is 7.27. The van der Waals surface area contributed by atoms with Crippen LogP contribution in [0, 0.1) is 11.3 Å². The van der Waals surface area contributed by atoms with Gasteiger partial charge in [-0.2, -0.15) is 0 Å². The minimum atomic E-state index is -3.02. The van der Waals surface area contributed by atoms with Crippen molar-refractivity contribution in [2.45, 2.75) is 10.9 Å². The maximum absolute atomic E-state index is 14.8. The predicted molar refractivity (Wildman–Crippen MR) is 86.8 cm³/mol. The normalized spacial score (nSPS) is 12.4. The van der Waals surface area contributed by atoms with Gasteiger partial charge in [-0.3, -0.25) is 0 Å². The number of hydrogen-bond acceptors (Lipinski definition) is 2. The fourth-order valence-corrected chi connectivity index (χ4v) is 3.91. The summed E-state index contributed by atoms with van der Waals surface area (Å²) in [6.07, 6.45) is 0.0795. The Hall–Kier alpha value is -1.99. The molecule has 23 heavy (non-hydrogen) atoms. The van der Waals surface area contributed by atoms with Gasteiger partial charge in [-0.15, -0.1) is 0 Å². The molecule has 0 saturated carbocycles. The van der Waals surface area contributed by atoms with E-state index in [2.05, 4.69) is 6.58 Å². The van der Waals surface area contributed by atoms with Gasteiger partial charge in [-0.25, -0.2) is 0 Å². The molecular formula is C18H15F2NOSe. The van der Waals surface area contributed by atoms with Crippen molar-refractivity contribution in [1.29, 1.82) is 5.26 Å². The maximum atomic E-state index is 14.8. The Balaban J connectivity index is 2.28. The second kappa shape index (κ2) is 8.03. The molecular weight excluding hydrogens is 363 g/mol. The summed E-state index contributed by atoms with van der Waals surface area (Å²) < 4.78 is 35.5. The summed E-state index contributed by atoms with van der Waals surface area (Å²) in [7, 11) is 0. The number of benzene rings is 2. The monoisotopic (exact) mass is 379 g/mol. The SMILES string of the molecule is C=CCOC(c1ccc(C#N)cc1)C(F)(F)[Se]c1ccccc1. The Morgan fingerprint density at radius 1 is 1.17 bits per heavy atom. The molecule has 1 unspecified atom stereocenters. The van der Waals surface area contributed by atoms with E-state index in [1.54, 1.807) is 30.3 Å². The number of nitriles is 1. The first-order valence-corrected chi connectivity index (χ1v) is 8.62. The molecule has 0 aliphatic rings. The van der Waals surface area contributed by atoms with Crippen LogP contribution in [0.25, 0.3) is 0 Å². The van der Waals surface area contributed by atoms with E-state index in [1.807, 2.05) is 6.07 Å². The van der Waals surface area contributed by atoms with E-state index >= 15 is 0 Å². The van der Waals surface area contributed by atoms with Gasteiger partial charge in [-0.05, 0) is 0 Å². The molecule has 0 spiro atoms. The Morgan fingerprint density at radius 2 is 1.83 bits per heavy atom. The van der Waals surface area contributed by atoms with Gasteiger partial charge in [0, 0.05) is 0 Å². The van der Waals surface area contributed by atoms with Gasteiger partial charge in [0.25, 0.3) is 0 Å². The van der Waals surface area contributed by atoms with Gasteiger partial charge in [0.1, 0.15) is 0 Å². The summed E-state index contributed by atoms with van der Waals surface area (Å²) in [4.78, 5) is -3.02. The van der Waals surface area contributed by atoms with E-state index in [0.29, 0.717) is 15.6 Å².